The minimum absolute atomic E-state index is 0.425. The summed E-state index contributed by atoms with van der Waals surface area (Å²) in [7, 11) is 0. The van der Waals surface area contributed by atoms with Gasteiger partial charge in [-0.25, -0.2) is 0 Å². The first-order valence-corrected chi connectivity index (χ1v) is 5.62. The maximum atomic E-state index is 5.42. The number of aliphatic imine (C=N–C) groups is 1. The Bertz CT molecular complexity index is 332. The molecule has 0 spiro atoms. The monoisotopic (exact) mass is 203 g/mol. The zero-order valence-corrected chi connectivity index (χ0v) is 9.15. The van der Waals surface area contributed by atoms with Gasteiger partial charge in [0.15, 0.2) is 5.90 Å². The molecule has 0 fully saturated rings. The molecular weight excluding hydrogens is 186 g/mol. The lowest BCUT2D eigenvalue weighted by Gasteiger charge is -2.05. The van der Waals surface area contributed by atoms with Crippen molar-refractivity contribution in [3.8, 4) is 0 Å². The SMILES string of the molecule is CCOC1=NC(Cc2ccccc2)CC1. The molecule has 0 aromatic heterocycles. The highest BCUT2D eigenvalue weighted by Crippen LogP contribution is 2.18. The highest BCUT2D eigenvalue weighted by Gasteiger charge is 2.18. The van der Waals surface area contributed by atoms with Crippen LogP contribution in [0.15, 0.2) is 35.3 Å². The van der Waals surface area contributed by atoms with Gasteiger partial charge in [-0.05, 0) is 25.3 Å². The number of hydrogen-bond acceptors (Lipinski definition) is 2. The minimum atomic E-state index is 0.425. The number of rotatable bonds is 3. The standard InChI is InChI=1S/C13H17NO/c1-2-15-13-9-8-12(14-13)10-11-6-4-3-5-7-11/h3-7,12H,2,8-10H2,1H3. The molecule has 1 aromatic rings. The van der Waals surface area contributed by atoms with Crippen molar-refractivity contribution in [3.63, 3.8) is 0 Å². The number of benzene rings is 1. The summed E-state index contributed by atoms with van der Waals surface area (Å²) in [4.78, 5) is 4.57. The van der Waals surface area contributed by atoms with Crippen molar-refractivity contribution in [2.75, 3.05) is 6.61 Å². The van der Waals surface area contributed by atoms with E-state index in [4.69, 9.17) is 4.74 Å². The molecule has 1 aliphatic rings. The van der Waals surface area contributed by atoms with Crippen molar-refractivity contribution >= 4 is 5.90 Å². The third-order valence-corrected chi connectivity index (χ3v) is 2.64. The van der Waals surface area contributed by atoms with Crippen LogP contribution in [0, 0.1) is 0 Å². The zero-order chi connectivity index (χ0) is 10.5. The Morgan fingerprint density at radius 1 is 1.33 bits per heavy atom. The molecule has 0 saturated carbocycles. The van der Waals surface area contributed by atoms with Crippen molar-refractivity contribution in [3.05, 3.63) is 35.9 Å². The fourth-order valence-electron chi connectivity index (χ4n) is 1.93. The highest BCUT2D eigenvalue weighted by atomic mass is 16.5. The topological polar surface area (TPSA) is 21.6 Å². The van der Waals surface area contributed by atoms with E-state index in [1.54, 1.807) is 0 Å². The molecule has 1 aromatic carbocycles. The largest absolute Gasteiger partial charge is 0.481 e. The Labute approximate surface area is 91.0 Å². The lowest BCUT2D eigenvalue weighted by Crippen LogP contribution is -2.03. The van der Waals surface area contributed by atoms with E-state index in [9.17, 15) is 0 Å². The molecule has 0 saturated heterocycles. The van der Waals surface area contributed by atoms with Crippen molar-refractivity contribution in [1.82, 2.24) is 0 Å². The van der Waals surface area contributed by atoms with E-state index in [1.807, 2.05) is 13.0 Å². The Balaban J connectivity index is 1.92. The van der Waals surface area contributed by atoms with E-state index in [0.717, 1.165) is 31.8 Å². The van der Waals surface area contributed by atoms with Crippen LogP contribution in [-0.2, 0) is 11.2 Å². The van der Waals surface area contributed by atoms with Gasteiger partial charge in [-0.2, -0.15) is 0 Å². The fourth-order valence-corrected chi connectivity index (χ4v) is 1.93. The molecule has 1 heterocycles. The first-order valence-electron chi connectivity index (χ1n) is 5.62. The Hall–Kier alpha value is -1.31. The van der Waals surface area contributed by atoms with Gasteiger partial charge in [0.2, 0.25) is 0 Å². The van der Waals surface area contributed by atoms with E-state index in [-0.39, 0.29) is 0 Å². The van der Waals surface area contributed by atoms with E-state index in [2.05, 4.69) is 29.3 Å². The molecule has 1 atom stereocenters. The number of hydrogen-bond donors (Lipinski definition) is 0. The van der Waals surface area contributed by atoms with Crippen LogP contribution < -0.4 is 0 Å². The summed E-state index contributed by atoms with van der Waals surface area (Å²) in [6.07, 6.45) is 3.17. The quantitative estimate of drug-likeness (QED) is 0.740. The average Bonchev–Trinajstić information content (AvgIpc) is 2.68. The Kier molecular flexibility index (Phi) is 3.38. The van der Waals surface area contributed by atoms with Gasteiger partial charge in [-0.15, -0.1) is 0 Å². The second kappa shape index (κ2) is 4.96. The van der Waals surface area contributed by atoms with E-state index >= 15 is 0 Å². The van der Waals surface area contributed by atoms with Crippen molar-refractivity contribution in [2.45, 2.75) is 32.2 Å². The fraction of sp³-hybridized carbons (Fsp3) is 0.462. The smallest absolute Gasteiger partial charge is 0.183 e. The lowest BCUT2D eigenvalue weighted by molar-refractivity contribution is 0.321. The van der Waals surface area contributed by atoms with Crippen molar-refractivity contribution < 1.29 is 4.74 Å². The summed E-state index contributed by atoms with van der Waals surface area (Å²) in [5.41, 5.74) is 1.36. The van der Waals surface area contributed by atoms with Crippen LogP contribution in [0.4, 0.5) is 0 Å². The summed E-state index contributed by atoms with van der Waals surface area (Å²) >= 11 is 0. The predicted octanol–water partition coefficient (Wildman–Crippen LogP) is 2.83. The molecule has 2 nitrogen and oxygen atoms in total. The van der Waals surface area contributed by atoms with Crippen LogP contribution in [0.3, 0.4) is 0 Å². The van der Waals surface area contributed by atoms with Crippen molar-refractivity contribution in [1.29, 1.82) is 0 Å². The van der Waals surface area contributed by atoms with Crippen LogP contribution >= 0.6 is 0 Å². The summed E-state index contributed by atoms with van der Waals surface area (Å²) in [5, 5.41) is 0. The van der Waals surface area contributed by atoms with E-state index < -0.39 is 0 Å². The Morgan fingerprint density at radius 2 is 2.13 bits per heavy atom. The normalized spacial score (nSPS) is 20.1. The lowest BCUT2D eigenvalue weighted by atomic mass is 10.0. The molecule has 0 aliphatic carbocycles. The zero-order valence-electron chi connectivity index (χ0n) is 9.15. The van der Waals surface area contributed by atoms with Crippen LogP contribution in [0.2, 0.25) is 0 Å². The van der Waals surface area contributed by atoms with Gasteiger partial charge in [0.1, 0.15) is 0 Å². The van der Waals surface area contributed by atoms with Crippen LogP contribution in [0.5, 0.6) is 0 Å². The third-order valence-electron chi connectivity index (χ3n) is 2.64. The van der Waals surface area contributed by atoms with Gasteiger partial charge < -0.3 is 4.74 Å². The van der Waals surface area contributed by atoms with Gasteiger partial charge in [0.25, 0.3) is 0 Å². The molecule has 0 radical (unpaired) electrons. The first-order chi connectivity index (χ1) is 7.38. The summed E-state index contributed by atoms with van der Waals surface area (Å²) in [6.45, 7) is 2.74. The number of ether oxygens (including phenoxy) is 1. The molecule has 0 N–H and O–H groups in total. The predicted molar refractivity (Wildman–Crippen MR) is 62.2 cm³/mol. The third kappa shape index (κ3) is 2.82. The summed E-state index contributed by atoms with van der Waals surface area (Å²) < 4.78 is 5.42. The molecule has 2 heteroatoms. The second-order valence-electron chi connectivity index (χ2n) is 3.84. The van der Waals surface area contributed by atoms with Gasteiger partial charge in [-0.1, -0.05) is 30.3 Å². The van der Waals surface area contributed by atoms with E-state index in [0.29, 0.717) is 6.04 Å². The molecule has 1 aliphatic heterocycles. The maximum absolute atomic E-state index is 5.42. The molecular formula is C13H17NO. The molecule has 1 unspecified atom stereocenters. The van der Waals surface area contributed by atoms with Crippen LogP contribution in [0.1, 0.15) is 25.3 Å². The van der Waals surface area contributed by atoms with E-state index in [1.165, 1.54) is 5.56 Å². The van der Waals surface area contributed by atoms with Gasteiger partial charge >= 0.3 is 0 Å². The second-order valence-corrected chi connectivity index (χ2v) is 3.84. The first kappa shape index (κ1) is 10.2. The molecule has 80 valence electrons. The highest BCUT2D eigenvalue weighted by molar-refractivity contribution is 5.78. The van der Waals surface area contributed by atoms with Gasteiger partial charge in [0.05, 0.1) is 12.6 Å². The average molecular weight is 203 g/mol. The molecule has 2 rings (SSSR count). The van der Waals surface area contributed by atoms with Crippen molar-refractivity contribution in [2.24, 2.45) is 4.99 Å². The molecule has 0 amide bonds. The summed E-state index contributed by atoms with van der Waals surface area (Å²) in [5.74, 6) is 0.943. The Morgan fingerprint density at radius 3 is 2.87 bits per heavy atom. The maximum Gasteiger partial charge on any atom is 0.183 e. The van der Waals surface area contributed by atoms with Crippen LogP contribution in [-0.4, -0.2) is 18.5 Å². The molecule has 0 bridgehead atoms. The van der Waals surface area contributed by atoms with Gasteiger partial charge in [-0.3, -0.25) is 4.99 Å². The minimum Gasteiger partial charge on any atom is -0.481 e. The van der Waals surface area contributed by atoms with Crippen LogP contribution in [0.25, 0.3) is 0 Å². The molecule has 15 heavy (non-hydrogen) atoms. The number of nitrogens with zero attached hydrogens (tertiary/aromatic N) is 1. The van der Waals surface area contributed by atoms with Gasteiger partial charge in [0, 0.05) is 6.42 Å². The summed E-state index contributed by atoms with van der Waals surface area (Å²) in [6, 6.07) is 11.0.